The number of benzene rings is 1. The second-order valence-electron chi connectivity index (χ2n) is 4.34. The molecule has 2 rings (SSSR count). The molecule has 1 heterocycles. The molecule has 2 aromatic rings. The van der Waals surface area contributed by atoms with E-state index in [0.29, 0.717) is 0 Å². The zero-order valence-electron chi connectivity index (χ0n) is 10.8. The lowest BCUT2D eigenvalue weighted by Gasteiger charge is -2.06. The van der Waals surface area contributed by atoms with Crippen molar-refractivity contribution in [3.05, 3.63) is 41.2 Å². The Balaban J connectivity index is 2.24. The minimum absolute atomic E-state index is 0.763. The van der Waals surface area contributed by atoms with Gasteiger partial charge in [-0.05, 0) is 44.1 Å². The van der Waals surface area contributed by atoms with E-state index in [9.17, 15) is 0 Å². The van der Waals surface area contributed by atoms with Gasteiger partial charge in [-0.25, -0.2) is 0 Å². The van der Waals surface area contributed by atoms with E-state index < -0.39 is 0 Å². The molecular formula is C14H18ClN3. The molecule has 0 unspecified atom stereocenters. The molecule has 0 aliphatic carbocycles. The average Bonchev–Trinajstić information content (AvgIpc) is 2.73. The first-order valence-electron chi connectivity index (χ1n) is 6.14. The third-order valence-corrected chi connectivity index (χ3v) is 3.31. The van der Waals surface area contributed by atoms with Crippen LogP contribution < -0.4 is 5.32 Å². The third-order valence-electron chi connectivity index (χ3n) is 3.06. The van der Waals surface area contributed by atoms with Crippen LogP contribution in [0.15, 0.2) is 30.5 Å². The molecule has 3 nitrogen and oxygen atoms in total. The number of rotatable bonds is 5. The van der Waals surface area contributed by atoms with Crippen molar-refractivity contribution in [2.24, 2.45) is 7.05 Å². The van der Waals surface area contributed by atoms with Crippen LogP contribution in [0.4, 0.5) is 0 Å². The first kappa shape index (κ1) is 13.1. The fourth-order valence-corrected chi connectivity index (χ4v) is 2.19. The molecule has 0 spiro atoms. The summed E-state index contributed by atoms with van der Waals surface area (Å²) in [5, 5.41) is 8.29. The molecule has 1 aromatic heterocycles. The molecule has 0 aliphatic heterocycles. The Hall–Kier alpha value is -1.32. The maximum Gasteiger partial charge on any atom is 0.0571 e. The Bertz CT molecular complexity index is 502. The highest BCUT2D eigenvalue weighted by Gasteiger charge is 2.10. The molecule has 0 saturated carbocycles. The molecule has 1 aromatic carbocycles. The number of nitrogens with zero attached hydrogens (tertiary/aromatic N) is 2. The highest BCUT2D eigenvalue weighted by Crippen LogP contribution is 2.25. The van der Waals surface area contributed by atoms with Crippen molar-refractivity contribution in [3.63, 3.8) is 0 Å². The largest absolute Gasteiger partial charge is 0.320 e. The second-order valence-corrected chi connectivity index (χ2v) is 4.78. The van der Waals surface area contributed by atoms with Crippen LogP contribution >= 0.6 is 11.6 Å². The van der Waals surface area contributed by atoms with Crippen LogP contribution in [0.1, 0.15) is 12.1 Å². The lowest BCUT2D eigenvalue weighted by atomic mass is 10.0. The quantitative estimate of drug-likeness (QED) is 0.841. The van der Waals surface area contributed by atoms with Crippen molar-refractivity contribution in [1.29, 1.82) is 0 Å². The van der Waals surface area contributed by atoms with Crippen LogP contribution in [0.25, 0.3) is 11.1 Å². The minimum Gasteiger partial charge on any atom is -0.320 e. The van der Waals surface area contributed by atoms with Crippen molar-refractivity contribution < 1.29 is 0 Å². The van der Waals surface area contributed by atoms with Gasteiger partial charge in [0.25, 0.3) is 0 Å². The van der Waals surface area contributed by atoms with Gasteiger partial charge >= 0.3 is 0 Å². The smallest absolute Gasteiger partial charge is 0.0571 e. The Morgan fingerprint density at radius 1 is 1.28 bits per heavy atom. The normalized spacial score (nSPS) is 10.8. The first-order valence-corrected chi connectivity index (χ1v) is 6.51. The van der Waals surface area contributed by atoms with Crippen molar-refractivity contribution in [3.8, 4) is 11.1 Å². The van der Waals surface area contributed by atoms with Crippen LogP contribution in [0.2, 0.25) is 5.02 Å². The molecule has 96 valence electrons. The Morgan fingerprint density at radius 3 is 2.67 bits per heavy atom. The highest BCUT2D eigenvalue weighted by molar-refractivity contribution is 6.30. The van der Waals surface area contributed by atoms with Crippen molar-refractivity contribution in [2.75, 3.05) is 13.6 Å². The van der Waals surface area contributed by atoms with Crippen LogP contribution in [0.5, 0.6) is 0 Å². The maximum atomic E-state index is 5.92. The summed E-state index contributed by atoms with van der Waals surface area (Å²) in [6.45, 7) is 1.02. The lowest BCUT2D eigenvalue weighted by Crippen LogP contribution is -2.10. The first-order chi connectivity index (χ1) is 8.72. The molecule has 1 N–H and O–H groups in total. The number of aromatic nitrogens is 2. The van der Waals surface area contributed by atoms with Gasteiger partial charge in [0.2, 0.25) is 0 Å². The van der Waals surface area contributed by atoms with Gasteiger partial charge in [0.15, 0.2) is 0 Å². The van der Waals surface area contributed by atoms with Crippen LogP contribution in [-0.4, -0.2) is 23.4 Å². The third kappa shape index (κ3) is 2.92. The summed E-state index contributed by atoms with van der Waals surface area (Å²) < 4.78 is 1.96. The van der Waals surface area contributed by atoms with E-state index in [1.807, 2.05) is 49.2 Å². The molecule has 0 amide bonds. The van der Waals surface area contributed by atoms with Gasteiger partial charge in [0, 0.05) is 23.3 Å². The molecule has 4 heteroatoms. The fourth-order valence-electron chi connectivity index (χ4n) is 2.06. The summed E-state index contributed by atoms with van der Waals surface area (Å²) in [4.78, 5) is 0. The van der Waals surface area contributed by atoms with Gasteiger partial charge in [-0.3, -0.25) is 4.68 Å². The van der Waals surface area contributed by atoms with Gasteiger partial charge in [0.1, 0.15) is 0 Å². The number of hydrogen-bond donors (Lipinski definition) is 1. The monoisotopic (exact) mass is 263 g/mol. The van der Waals surface area contributed by atoms with E-state index in [4.69, 9.17) is 11.6 Å². The van der Waals surface area contributed by atoms with Crippen molar-refractivity contribution >= 4 is 11.6 Å². The number of nitrogens with one attached hydrogen (secondary N) is 1. The van der Waals surface area contributed by atoms with Gasteiger partial charge in [0.05, 0.1) is 6.20 Å². The number of halogens is 1. The molecule has 0 saturated heterocycles. The topological polar surface area (TPSA) is 29.9 Å². The minimum atomic E-state index is 0.763. The standard InChI is InChI=1S/C14H18ClN3/c1-16-9-3-4-14-13(10-17-18(14)2)11-5-7-12(15)8-6-11/h5-8,10,16H,3-4,9H2,1-2H3. The Kier molecular flexibility index (Phi) is 4.39. The summed E-state index contributed by atoms with van der Waals surface area (Å²) in [6, 6.07) is 7.92. The molecule has 0 bridgehead atoms. The van der Waals surface area contributed by atoms with Gasteiger partial charge in [-0.2, -0.15) is 5.10 Å². The summed E-state index contributed by atoms with van der Waals surface area (Å²) in [5.74, 6) is 0. The predicted molar refractivity (Wildman–Crippen MR) is 75.9 cm³/mol. The van der Waals surface area contributed by atoms with Crippen LogP contribution in [0, 0.1) is 0 Å². The molecule has 0 atom stereocenters. The summed E-state index contributed by atoms with van der Waals surface area (Å²) >= 11 is 5.92. The van der Waals surface area contributed by atoms with E-state index in [0.717, 1.165) is 24.4 Å². The van der Waals surface area contributed by atoms with Gasteiger partial charge in [-0.1, -0.05) is 23.7 Å². The van der Waals surface area contributed by atoms with Gasteiger partial charge < -0.3 is 5.32 Å². The summed E-state index contributed by atoms with van der Waals surface area (Å²) in [5.41, 5.74) is 3.64. The van der Waals surface area contributed by atoms with Gasteiger partial charge in [-0.15, -0.1) is 0 Å². The number of aryl methyl sites for hydroxylation is 1. The molecule has 0 fully saturated rings. The zero-order chi connectivity index (χ0) is 13.0. The highest BCUT2D eigenvalue weighted by atomic mass is 35.5. The van der Waals surface area contributed by atoms with E-state index in [1.165, 1.54) is 16.8 Å². The molecule has 18 heavy (non-hydrogen) atoms. The number of hydrogen-bond acceptors (Lipinski definition) is 2. The van der Waals surface area contributed by atoms with Crippen molar-refractivity contribution in [1.82, 2.24) is 15.1 Å². The predicted octanol–water partition coefficient (Wildman–Crippen LogP) is 2.89. The Morgan fingerprint density at radius 2 is 2.00 bits per heavy atom. The van der Waals surface area contributed by atoms with Crippen LogP contribution in [0.3, 0.4) is 0 Å². The van der Waals surface area contributed by atoms with E-state index in [1.54, 1.807) is 0 Å². The van der Waals surface area contributed by atoms with E-state index in [2.05, 4.69) is 10.4 Å². The summed E-state index contributed by atoms with van der Waals surface area (Å²) in [6.07, 6.45) is 4.06. The fraction of sp³-hybridized carbons (Fsp3) is 0.357. The molecule has 0 radical (unpaired) electrons. The molecule has 0 aliphatic rings. The second kappa shape index (κ2) is 6.03. The van der Waals surface area contributed by atoms with Crippen LogP contribution in [-0.2, 0) is 13.5 Å². The van der Waals surface area contributed by atoms with E-state index in [-0.39, 0.29) is 0 Å². The zero-order valence-corrected chi connectivity index (χ0v) is 11.5. The van der Waals surface area contributed by atoms with E-state index >= 15 is 0 Å². The van der Waals surface area contributed by atoms with Crippen molar-refractivity contribution in [2.45, 2.75) is 12.8 Å². The lowest BCUT2D eigenvalue weighted by molar-refractivity contribution is 0.660. The maximum absolute atomic E-state index is 5.92. The summed E-state index contributed by atoms with van der Waals surface area (Å²) in [7, 11) is 3.97. The molecular weight excluding hydrogens is 246 g/mol. The average molecular weight is 264 g/mol. The Labute approximate surface area is 113 Å². The SMILES string of the molecule is CNCCCc1c(-c2ccc(Cl)cc2)cnn1C.